The zero-order valence-corrected chi connectivity index (χ0v) is 11.1. The number of carbonyl (C=O) groups excluding carboxylic acids is 1. The predicted molar refractivity (Wildman–Crippen MR) is 71.3 cm³/mol. The van der Waals surface area contributed by atoms with Gasteiger partial charge in [-0.15, -0.1) is 0 Å². The van der Waals surface area contributed by atoms with E-state index in [1.165, 1.54) is 18.3 Å². The average molecular weight is 305 g/mol. The number of hydrogen-bond donors (Lipinski definition) is 0. The Hall–Kier alpha value is -2.81. The van der Waals surface area contributed by atoms with Crippen LogP contribution < -0.4 is 4.31 Å². The molecule has 3 rings (SSSR count). The number of benzene rings is 1. The Morgan fingerprint density at radius 3 is 2.57 bits per heavy atom. The lowest BCUT2D eigenvalue weighted by Crippen LogP contribution is -2.30. The Balaban J connectivity index is 2.22. The van der Waals surface area contributed by atoms with Crippen molar-refractivity contribution in [1.29, 1.82) is 0 Å². The number of fused-ring (bicyclic) bond motifs is 1. The van der Waals surface area contributed by atoms with Gasteiger partial charge in [-0.3, -0.25) is 14.9 Å². The van der Waals surface area contributed by atoms with Crippen molar-refractivity contribution in [2.24, 2.45) is 0 Å². The molecule has 0 aliphatic carbocycles. The Morgan fingerprint density at radius 2 is 1.95 bits per heavy atom. The first-order valence-corrected chi connectivity index (χ1v) is 7.16. The molecule has 1 amide bonds. The number of non-ortho nitro benzene ring substituents is 1. The second-order valence-corrected chi connectivity index (χ2v) is 5.96. The second-order valence-electron chi connectivity index (χ2n) is 4.20. The van der Waals surface area contributed by atoms with E-state index in [1.807, 2.05) is 0 Å². The van der Waals surface area contributed by atoms with Crippen LogP contribution in [0.25, 0.3) is 0 Å². The Labute approximate surface area is 118 Å². The van der Waals surface area contributed by atoms with Crippen molar-refractivity contribution < 1.29 is 18.1 Å². The summed E-state index contributed by atoms with van der Waals surface area (Å²) < 4.78 is 25.4. The van der Waals surface area contributed by atoms with Crippen molar-refractivity contribution in [2.75, 3.05) is 4.31 Å². The quantitative estimate of drug-likeness (QED) is 0.611. The average Bonchev–Trinajstić information content (AvgIpc) is 2.66. The molecule has 2 aromatic rings. The number of hydrogen-bond acceptors (Lipinski definition) is 6. The summed E-state index contributed by atoms with van der Waals surface area (Å²) >= 11 is 0. The van der Waals surface area contributed by atoms with Gasteiger partial charge in [0.05, 0.1) is 10.5 Å². The standard InChI is InChI=1S/C12H7N3O5S/c16-12-9-5-4-8(15(17)18)7-10(9)21(19,20)14(12)11-3-1-2-6-13-11/h1-7H. The maximum Gasteiger partial charge on any atom is 0.274 e. The minimum Gasteiger partial charge on any atom is -0.267 e. The van der Waals surface area contributed by atoms with Crippen molar-refractivity contribution in [1.82, 2.24) is 4.98 Å². The minimum atomic E-state index is -4.19. The molecular formula is C12H7N3O5S. The molecule has 21 heavy (non-hydrogen) atoms. The number of pyridine rings is 1. The molecule has 1 aromatic heterocycles. The van der Waals surface area contributed by atoms with Crippen molar-refractivity contribution in [3.05, 3.63) is 58.3 Å². The SMILES string of the molecule is O=C1c2ccc([N+](=O)[O-])cc2S(=O)(=O)N1c1ccccn1. The molecule has 1 aliphatic heterocycles. The Bertz CT molecular complexity index is 864. The van der Waals surface area contributed by atoms with Gasteiger partial charge in [0.1, 0.15) is 4.90 Å². The van der Waals surface area contributed by atoms with E-state index in [-0.39, 0.29) is 16.3 Å². The number of nitro benzene ring substituents is 1. The van der Waals surface area contributed by atoms with E-state index in [4.69, 9.17) is 0 Å². The van der Waals surface area contributed by atoms with Crippen molar-refractivity contribution in [3.8, 4) is 0 Å². The van der Waals surface area contributed by atoms with Gasteiger partial charge in [-0.25, -0.2) is 13.4 Å². The maximum absolute atomic E-state index is 12.4. The van der Waals surface area contributed by atoms with Crippen molar-refractivity contribution >= 4 is 27.4 Å². The third-order valence-corrected chi connectivity index (χ3v) is 4.69. The molecule has 0 N–H and O–H groups in total. The van der Waals surface area contributed by atoms with E-state index >= 15 is 0 Å². The van der Waals surface area contributed by atoms with Crippen molar-refractivity contribution in [2.45, 2.75) is 4.90 Å². The van der Waals surface area contributed by atoms with Crippen LogP contribution in [0.4, 0.5) is 11.5 Å². The monoisotopic (exact) mass is 305 g/mol. The maximum atomic E-state index is 12.4. The summed E-state index contributed by atoms with van der Waals surface area (Å²) in [5, 5.41) is 10.7. The molecule has 0 saturated heterocycles. The number of sulfonamides is 1. The lowest BCUT2D eigenvalue weighted by atomic mass is 10.2. The highest BCUT2D eigenvalue weighted by Crippen LogP contribution is 2.35. The smallest absolute Gasteiger partial charge is 0.267 e. The summed E-state index contributed by atoms with van der Waals surface area (Å²) in [5.74, 6) is -0.833. The number of anilines is 1. The molecular weight excluding hydrogens is 298 g/mol. The predicted octanol–water partition coefficient (Wildman–Crippen LogP) is 1.34. The van der Waals surface area contributed by atoms with Gasteiger partial charge in [-0.2, -0.15) is 4.31 Å². The topological polar surface area (TPSA) is 110 Å². The van der Waals surface area contributed by atoms with Gasteiger partial charge in [-0.1, -0.05) is 6.07 Å². The molecule has 0 fully saturated rings. The fraction of sp³-hybridized carbons (Fsp3) is 0. The molecule has 2 heterocycles. The van der Waals surface area contributed by atoms with Crippen LogP contribution >= 0.6 is 0 Å². The number of carbonyl (C=O) groups is 1. The summed E-state index contributed by atoms with van der Waals surface area (Å²) in [6.45, 7) is 0. The third kappa shape index (κ3) is 1.86. The van der Waals surface area contributed by atoms with E-state index in [2.05, 4.69) is 4.98 Å². The van der Waals surface area contributed by atoms with E-state index in [0.717, 1.165) is 18.2 Å². The van der Waals surface area contributed by atoms with Crippen LogP contribution in [0.5, 0.6) is 0 Å². The van der Waals surface area contributed by atoms with Gasteiger partial charge in [0.15, 0.2) is 5.82 Å². The minimum absolute atomic E-state index is 0.0543. The van der Waals surface area contributed by atoms with Crippen LogP contribution in [-0.4, -0.2) is 24.2 Å². The lowest BCUT2D eigenvalue weighted by molar-refractivity contribution is -0.385. The first-order chi connectivity index (χ1) is 9.93. The third-order valence-electron chi connectivity index (χ3n) is 2.97. The summed E-state index contributed by atoms with van der Waals surface area (Å²) in [4.78, 5) is 25.7. The van der Waals surface area contributed by atoms with Gasteiger partial charge in [0.25, 0.3) is 21.6 Å². The highest BCUT2D eigenvalue weighted by Gasteiger charge is 2.43. The number of nitrogens with zero attached hydrogens (tertiary/aromatic N) is 3. The van der Waals surface area contributed by atoms with Crippen LogP contribution in [0.3, 0.4) is 0 Å². The zero-order chi connectivity index (χ0) is 15.2. The molecule has 0 saturated carbocycles. The fourth-order valence-corrected chi connectivity index (χ4v) is 3.60. The fourth-order valence-electron chi connectivity index (χ4n) is 2.03. The van der Waals surface area contributed by atoms with E-state index in [9.17, 15) is 23.3 Å². The molecule has 8 nitrogen and oxygen atoms in total. The van der Waals surface area contributed by atoms with Gasteiger partial charge >= 0.3 is 0 Å². The largest absolute Gasteiger partial charge is 0.274 e. The molecule has 106 valence electrons. The molecule has 0 spiro atoms. The summed E-state index contributed by atoms with van der Waals surface area (Å²) in [5.41, 5.74) is -0.501. The molecule has 0 radical (unpaired) electrons. The van der Waals surface area contributed by atoms with Gasteiger partial charge in [0.2, 0.25) is 0 Å². The normalized spacial score (nSPS) is 15.8. The van der Waals surface area contributed by atoms with Gasteiger partial charge in [0, 0.05) is 18.3 Å². The molecule has 0 unspecified atom stereocenters. The van der Waals surface area contributed by atoms with Gasteiger partial charge < -0.3 is 0 Å². The van der Waals surface area contributed by atoms with Crippen LogP contribution in [0.15, 0.2) is 47.5 Å². The molecule has 0 bridgehead atoms. The van der Waals surface area contributed by atoms with E-state index in [0.29, 0.717) is 4.31 Å². The van der Waals surface area contributed by atoms with Crippen LogP contribution in [-0.2, 0) is 10.0 Å². The van der Waals surface area contributed by atoms with Crippen LogP contribution in [0, 0.1) is 10.1 Å². The van der Waals surface area contributed by atoms with E-state index in [1.54, 1.807) is 6.07 Å². The number of nitro groups is 1. The zero-order valence-electron chi connectivity index (χ0n) is 10.3. The summed E-state index contributed by atoms with van der Waals surface area (Å²) in [7, 11) is -4.19. The summed E-state index contributed by atoms with van der Waals surface area (Å²) in [6, 6.07) is 7.59. The Morgan fingerprint density at radius 1 is 1.19 bits per heavy atom. The van der Waals surface area contributed by atoms with Crippen LogP contribution in [0.1, 0.15) is 10.4 Å². The summed E-state index contributed by atoms with van der Waals surface area (Å²) in [6.07, 6.45) is 1.35. The number of aromatic nitrogens is 1. The number of rotatable bonds is 2. The lowest BCUT2D eigenvalue weighted by Gasteiger charge is -2.13. The Kier molecular flexibility index (Phi) is 2.73. The first kappa shape index (κ1) is 13.2. The molecule has 1 aromatic carbocycles. The second kappa shape index (κ2) is 4.35. The molecule has 0 atom stereocenters. The highest BCUT2D eigenvalue weighted by atomic mass is 32.2. The molecule has 1 aliphatic rings. The van der Waals surface area contributed by atoms with Crippen molar-refractivity contribution in [3.63, 3.8) is 0 Å². The molecule has 9 heteroatoms. The number of amides is 1. The highest BCUT2D eigenvalue weighted by molar-refractivity contribution is 7.94. The van der Waals surface area contributed by atoms with Gasteiger partial charge in [-0.05, 0) is 18.2 Å². The van der Waals surface area contributed by atoms with E-state index < -0.39 is 26.5 Å². The first-order valence-electron chi connectivity index (χ1n) is 5.72. The van der Waals surface area contributed by atoms with Crippen LogP contribution in [0.2, 0.25) is 0 Å².